The third kappa shape index (κ3) is 4.06. The van der Waals surface area contributed by atoms with Crippen LogP contribution in [0.4, 0.5) is 5.69 Å². The van der Waals surface area contributed by atoms with E-state index in [0.717, 1.165) is 28.4 Å². The Hall–Kier alpha value is -1.38. The summed E-state index contributed by atoms with van der Waals surface area (Å²) in [6.07, 6.45) is 0.965. The minimum Gasteiger partial charge on any atom is -0.491 e. The molecule has 4 heteroatoms. The zero-order valence-electron chi connectivity index (χ0n) is 11.3. The standard InChI is InChI=1S/C16H17Cl2NO/c1-2-9-20-16-8-7-13(17)10-15(16)19-11-12-5-3-4-6-14(12)18/h3-8,10,19H,2,9,11H2,1H3. The summed E-state index contributed by atoms with van der Waals surface area (Å²) < 4.78 is 5.71. The first kappa shape index (κ1) is 15.0. The van der Waals surface area contributed by atoms with Crippen LogP contribution in [0.2, 0.25) is 10.0 Å². The summed E-state index contributed by atoms with van der Waals surface area (Å²) in [6.45, 7) is 3.39. The highest BCUT2D eigenvalue weighted by atomic mass is 35.5. The molecule has 0 amide bonds. The van der Waals surface area contributed by atoms with E-state index in [1.165, 1.54) is 0 Å². The van der Waals surface area contributed by atoms with Crippen molar-refractivity contribution in [1.82, 2.24) is 0 Å². The summed E-state index contributed by atoms with van der Waals surface area (Å²) in [6, 6.07) is 13.3. The third-order valence-corrected chi connectivity index (χ3v) is 3.43. The summed E-state index contributed by atoms with van der Waals surface area (Å²) >= 11 is 12.2. The lowest BCUT2D eigenvalue weighted by atomic mass is 10.2. The lowest BCUT2D eigenvalue weighted by Gasteiger charge is -2.14. The highest BCUT2D eigenvalue weighted by Gasteiger charge is 2.06. The topological polar surface area (TPSA) is 21.3 Å². The van der Waals surface area contributed by atoms with E-state index >= 15 is 0 Å². The Morgan fingerprint density at radius 1 is 1.10 bits per heavy atom. The van der Waals surface area contributed by atoms with Gasteiger partial charge in [0.25, 0.3) is 0 Å². The second-order valence-electron chi connectivity index (χ2n) is 4.43. The van der Waals surface area contributed by atoms with Crippen LogP contribution in [0.15, 0.2) is 42.5 Å². The molecule has 20 heavy (non-hydrogen) atoms. The minimum absolute atomic E-state index is 0.627. The molecule has 0 aliphatic carbocycles. The number of halogens is 2. The molecule has 0 atom stereocenters. The number of ether oxygens (including phenoxy) is 1. The van der Waals surface area contributed by atoms with Gasteiger partial charge in [0.1, 0.15) is 5.75 Å². The Morgan fingerprint density at radius 2 is 1.90 bits per heavy atom. The molecule has 0 aromatic heterocycles. The zero-order chi connectivity index (χ0) is 14.4. The fraction of sp³-hybridized carbons (Fsp3) is 0.250. The van der Waals surface area contributed by atoms with Gasteiger partial charge in [0.05, 0.1) is 12.3 Å². The molecular weight excluding hydrogens is 293 g/mol. The van der Waals surface area contributed by atoms with Gasteiger partial charge in [0.15, 0.2) is 0 Å². The molecule has 0 spiro atoms. The van der Waals surface area contributed by atoms with Crippen LogP contribution in [0.3, 0.4) is 0 Å². The minimum atomic E-state index is 0.627. The number of hydrogen-bond donors (Lipinski definition) is 1. The number of benzene rings is 2. The van der Waals surface area contributed by atoms with Crippen LogP contribution in [0, 0.1) is 0 Å². The second-order valence-corrected chi connectivity index (χ2v) is 5.28. The summed E-state index contributed by atoms with van der Waals surface area (Å²) in [5, 5.41) is 4.75. The van der Waals surface area contributed by atoms with Crippen molar-refractivity contribution in [2.45, 2.75) is 19.9 Å². The van der Waals surface area contributed by atoms with E-state index < -0.39 is 0 Å². The van der Waals surface area contributed by atoms with Gasteiger partial charge in [-0.25, -0.2) is 0 Å². The van der Waals surface area contributed by atoms with Gasteiger partial charge in [-0.3, -0.25) is 0 Å². The Kier molecular flexibility index (Phi) is 5.57. The van der Waals surface area contributed by atoms with Crippen LogP contribution < -0.4 is 10.1 Å². The van der Waals surface area contributed by atoms with Crippen molar-refractivity contribution in [3.63, 3.8) is 0 Å². The van der Waals surface area contributed by atoms with Crippen LogP contribution >= 0.6 is 23.2 Å². The first-order valence-electron chi connectivity index (χ1n) is 6.60. The SMILES string of the molecule is CCCOc1ccc(Cl)cc1NCc1ccccc1Cl. The first-order chi connectivity index (χ1) is 9.70. The van der Waals surface area contributed by atoms with Gasteiger partial charge >= 0.3 is 0 Å². The van der Waals surface area contributed by atoms with Gasteiger partial charge < -0.3 is 10.1 Å². The van der Waals surface area contributed by atoms with Gasteiger partial charge in [-0.15, -0.1) is 0 Å². The first-order valence-corrected chi connectivity index (χ1v) is 7.36. The molecule has 0 aliphatic rings. The molecule has 2 aromatic rings. The van der Waals surface area contributed by atoms with Crippen LogP contribution in [0.5, 0.6) is 5.75 Å². The predicted octanol–water partition coefficient (Wildman–Crippen LogP) is 5.39. The van der Waals surface area contributed by atoms with Gasteiger partial charge in [-0.05, 0) is 36.2 Å². The maximum atomic E-state index is 6.15. The lowest BCUT2D eigenvalue weighted by Crippen LogP contribution is -2.04. The Labute approximate surface area is 129 Å². The molecule has 0 radical (unpaired) electrons. The van der Waals surface area contributed by atoms with Crippen molar-refractivity contribution in [3.05, 3.63) is 58.1 Å². The number of nitrogens with one attached hydrogen (secondary N) is 1. The molecule has 0 saturated heterocycles. The molecule has 2 aromatic carbocycles. The fourth-order valence-electron chi connectivity index (χ4n) is 1.81. The molecule has 0 saturated carbocycles. The Bertz CT molecular complexity index is 572. The predicted molar refractivity (Wildman–Crippen MR) is 86.0 cm³/mol. The van der Waals surface area contributed by atoms with Crippen molar-refractivity contribution in [2.75, 3.05) is 11.9 Å². The zero-order valence-corrected chi connectivity index (χ0v) is 12.8. The molecule has 106 valence electrons. The molecule has 2 rings (SSSR count). The van der Waals surface area contributed by atoms with Crippen molar-refractivity contribution in [3.8, 4) is 5.75 Å². The van der Waals surface area contributed by atoms with Gasteiger partial charge in [0.2, 0.25) is 0 Å². The molecular formula is C16H17Cl2NO. The maximum Gasteiger partial charge on any atom is 0.142 e. The van der Waals surface area contributed by atoms with E-state index in [0.29, 0.717) is 18.2 Å². The summed E-state index contributed by atoms with van der Waals surface area (Å²) in [4.78, 5) is 0. The van der Waals surface area contributed by atoms with Crippen LogP contribution in [-0.2, 0) is 6.54 Å². The second kappa shape index (κ2) is 7.41. The van der Waals surface area contributed by atoms with E-state index in [1.807, 2.05) is 42.5 Å². The van der Waals surface area contributed by atoms with Crippen LogP contribution in [0.25, 0.3) is 0 Å². The number of anilines is 1. The summed E-state index contributed by atoms with van der Waals surface area (Å²) in [5.41, 5.74) is 1.92. The Morgan fingerprint density at radius 3 is 2.65 bits per heavy atom. The molecule has 0 bridgehead atoms. The van der Waals surface area contributed by atoms with E-state index in [1.54, 1.807) is 0 Å². The Balaban J connectivity index is 2.11. The highest BCUT2D eigenvalue weighted by molar-refractivity contribution is 6.31. The molecule has 0 fully saturated rings. The van der Waals surface area contributed by atoms with Gasteiger partial charge in [-0.2, -0.15) is 0 Å². The van der Waals surface area contributed by atoms with E-state index in [9.17, 15) is 0 Å². The largest absolute Gasteiger partial charge is 0.491 e. The molecule has 0 aliphatic heterocycles. The van der Waals surface area contributed by atoms with Crippen molar-refractivity contribution in [1.29, 1.82) is 0 Å². The van der Waals surface area contributed by atoms with Crippen LogP contribution in [0.1, 0.15) is 18.9 Å². The van der Waals surface area contributed by atoms with Crippen molar-refractivity contribution < 1.29 is 4.74 Å². The van der Waals surface area contributed by atoms with E-state index in [-0.39, 0.29) is 0 Å². The average molecular weight is 310 g/mol. The maximum absolute atomic E-state index is 6.15. The van der Waals surface area contributed by atoms with E-state index in [4.69, 9.17) is 27.9 Å². The van der Waals surface area contributed by atoms with Crippen molar-refractivity contribution >= 4 is 28.9 Å². The average Bonchev–Trinajstić information content (AvgIpc) is 2.45. The van der Waals surface area contributed by atoms with E-state index in [2.05, 4.69) is 12.2 Å². The number of hydrogen-bond acceptors (Lipinski definition) is 2. The van der Waals surface area contributed by atoms with Gasteiger partial charge in [0, 0.05) is 16.6 Å². The monoisotopic (exact) mass is 309 g/mol. The summed E-state index contributed by atoms with van der Waals surface area (Å²) in [7, 11) is 0. The lowest BCUT2D eigenvalue weighted by molar-refractivity contribution is 0.319. The molecule has 0 unspecified atom stereocenters. The quantitative estimate of drug-likeness (QED) is 0.772. The normalized spacial score (nSPS) is 10.3. The van der Waals surface area contributed by atoms with Gasteiger partial charge in [-0.1, -0.05) is 48.3 Å². The van der Waals surface area contributed by atoms with Crippen LogP contribution in [-0.4, -0.2) is 6.61 Å². The fourth-order valence-corrected chi connectivity index (χ4v) is 2.19. The number of rotatable bonds is 6. The molecule has 1 N–H and O–H groups in total. The smallest absolute Gasteiger partial charge is 0.142 e. The van der Waals surface area contributed by atoms with Crippen molar-refractivity contribution in [2.24, 2.45) is 0 Å². The third-order valence-electron chi connectivity index (χ3n) is 2.83. The summed E-state index contributed by atoms with van der Waals surface area (Å²) in [5.74, 6) is 0.809. The molecule has 0 heterocycles. The molecule has 2 nitrogen and oxygen atoms in total. The highest BCUT2D eigenvalue weighted by Crippen LogP contribution is 2.29.